The molecule has 1 rings (SSSR count). The first-order chi connectivity index (χ1) is 7.93. The third kappa shape index (κ3) is 3.52. The minimum Gasteiger partial charge on any atom is -0.352 e. The average molecular weight is 232 g/mol. The molecule has 90 valence electrons. The highest BCUT2D eigenvalue weighted by molar-refractivity contribution is 5.85. The number of nitrogens with zero attached hydrogens (tertiary/aromatic N) is 3. The van der Waals surface area contributed by atoms with Crippen LogP contribution in [-0.2, 0) is 4.79 Å². The van der Waals surface area contributed by atoms with E-state index in [1.54, 1.807) is 6.07 Å². The number of carbonyl (C=O) groups is 1. The van der Waals surface area contributed by atoms with E-state index in [2.05, 4.69) is 15.3 Å². The number of aromatic nitrogens is 2. The van der Waals surface area contributed by atoms with Crippen LogP contribution in [0.15, 0.2) is 6.07 Å². The van der Waals surface area contributed by atoms with Gasteiger partial charge in [-0.3, -0.25) is 4.79 Å². The van der Waals surface area contributed by atoms with Gasteiger partial charge in [0.1, 0.15) is 0 Å². The molecule has 5 heteroatoms. The largest absolute Gasteiger partial charge is 0.352 e. The number of nitriles is 1. The van der Waals surface area contributed by atoms with Crippen molar-refractivity contribution >= 4 is 5.91 Å². The highest BCUT2D eigenvalue weighted by Gasteiger charge is 2.23. The summed E-state index contributed by atoms with van der Waals surface area (Å²) in [6.07, 6.45) is 0. The summed E-state index contributed by atoms with van der Waals surface area (Å²) in [6.45, 7) is 7.31. The van der Waals surface area contributed by atoms with E-state index in [0.29, 0.717) is 0 Å². The Kier molecular flexibility index (Phi) is 4.16. The van der Waals surface area contributed by atoms with E-state index < -0.39 is 5.92 Å². The van der Waals surface area contributed by atoms with Crippen LogP contribution < -0.4 is 5.32 Å². The average Bonchev–Trinajstić information content (AvgIpc) is 2.15. The predicted octanol–water partition coefficient (Wildman–Crippen LogP) is 1.23. The monoisotopic (exact) mass is 232 g/mol. The van der Waals surface area contributed by atoms with Crippen molar-refractivity contribution in [1.82, 2.24) is 15.3 Å². The van der Waals surface area contributed by atoms with E-state index in [9.17, 15) is 4.79 Å². The summed E-state index contributed by atoms with van der Waals surface area (Å²) in [5.74, 6) is -1.04. The van der Waals surface area contributed by atoms with Crippen molar-refractivity contribution in [3.05, 3.63) is 23.3 Å². The number of rotatable bonds is 3. The molecule has 1 aromatic heterocycles. The molecule has 0 unspecified atom stereocenters. The fourth-order valence-corrected chi connectivity index (χ4v) is 1.48. The SMILES string of the molecule is Cc1cc(C)nc([C@H](C#N)C(=O)NC(C)C)n1. The second-order valence-corrected chi connectivity index (χ2v) is 4.23. The van der Waals surface area contributed by atoms with Crippen LogP contribution in [-0.4, -0.2) is 21.9 Å². The normalized spacial score (nSPS) is 12.0. The topological polar surface area (TPSA) is 78.7 Å². The number of hydrogen-bond acceptors (Lipinski definition) is 4. The first-order valence-electron chi connectivity index (χ1n) is 5.46. The molecule has 1 heterocycles. The Balaban J connectivity index is 3.02. The standard InChI is InChI=1S/C12H16N4O/c1-7(2)14-12(17)10(6-13)11-15-8(3)5-9(4)16-11/h5,7,10H,1-4H3,(H,14,17)/t10-/m0/s1. The Labute approximate surface area is 101 Å². The van der Waals surface area contributed by atoms with Crippen molar-refractivity contribution in [2.24, 2.45) is 0 Å². The maximum Gasteiger partial charge on any atom is 0.245 e. The molecule has 1 aromatic rings. The quantitative estimate of drug-likeness (QED) is 0.850. The summed E-state index contributed by atoms with van der Waals surface area (Å²) >= 11 is 0. The highest BCUT2D eigenvalue weighted by Crippen LogP contribution is 2.12. The summed E-state index contributed by atoms with van der Waals surface area (Å²) in [5.41, 5.74) is 1.51. The van der Waals surface area contributed by atoms with Gasteiger partial charge in [-0.05, 0) is 33.8 Å². The maximum absolute atomic E-state index is 11.8. The van der Waals surface area contributed by atoms with Gasteiger partial charge in [-0.15, -0.1) is 0 Å². The van der Waals surface area contributed by atoms with Crippen molar-refractivity contribution in [3.8, 4) is 6.07 Å². The van der Waals surface area contributed by atoms with Gasteiger partial charge in [-0.25, -0.2) is 9.97 Å². The predicted molar refractivity (Wildman–Crippen MR) is 63.1 cm³/mol. The van der Waals surface area contributed by atoms with Gasteiger partial charge in [0.2, 0.25) is 5.91 Å². The second kappa shape index (κ2) is 5.39. The Hall–Kier alpha value is -1.96. The molecule has 1 atom stereocenters. The Morgan fingerprint density at radius 2 is 1.88 bits per heavy atom. The lowest BCUT2D eigenvalue weighted by Crippen LogP contribution is -2.34. The van der Waals surface area contributed by atoms with Crippen molar-refractivity contribution in [3.63, 3.8) is 0 Å². The lowest BCUT2D eigenvalue weighted by atomic mass is 10.1. The number of amides is 1. The summed E-state index contributed by atoms with van der Waals surface area (Å²) in [7, 11) is 0. The molecular formula is C12H16N4O. The van der Waals surface area contributed by atoms with Crippen molar-refractivity contribution < 1.29 is 4.79 Å². The minimum absolute atomic E-state index is 0.00995. The molecule has 0 aliphatic carbocycles. The fourth-order valence-electron chi connectivity index (χ4n) is 1.48. The van der Waals surface area contributed by atoms with Gasteiger partial charge in [0.25, 0.3) is 0 Å². The lowest BCUT2D eigenvalue weighted by molar-refractivity contribution is -0.122. The molecule has 1 N–H and O–H groups in total. The maximum atomic E-state index is 11.8. The molecule has 0 aliphatic rings. The van der Waals surface area contributed by atoms with Crippen LogP contribution in [0.25, 0.3) is 0 Å². The van der Waals surface area contributed by atoms with Crippen LogP contribution in [0.5, 0.6) is 0 Å². The molecule has 0 saturated carbocycles. The summed E-state index contributed by atoms with van der Waals surface area (Å²) < 4.78 is 0. The molecule has 17 heavy (non-hydrogen) atoms. The third-order valence-corrected chi connectivity index (χ3v) is 2.08. The van der Waals surface area contributed by atoms with E-state index >= 15 is 0 Å². The van der Waals surface area contributed by atoms with Gasteiger partial charge < -0.3 is 5.32 Å². The first-order valence-corrected chi connectivity index (χ1v) is 5.46. The van der Waals surface area contributed by atoms with Gasteiger partial charge in [0.15, 0.2) is 11.7 Å². The van der Waals surface area contributed by atoms with Crippen molar-refractivity contribution in [1.29, 1.82) is 5.26 Å². The third-order valence-electron chi connectivity index (χ3n) is 2.08. The van der Waals surface area contributed by atoms with E-state index in [0.717, 1.165) is 11.4 Å². The number of carbonyl (C=O) groups excluding carboxylic acids is 1. The molecule has 0 aliphatic heterocycles. The fraction of sp³-hybridized carbons (Fsp3) is 0.500. The Morgan fingerprint density at radius 3 is 2.29 bits per heavy atom. The van der Waals surface area contributed by atoms with E-state index in [-0.39, 0.29) is 17.8 Å². The molecule has 1 amide bonds. The lowest BCUT2D eigenvalue weighted by Gasteiger charge is -2.12. The summed E-state index contributed by atoms with van der Waals surface area (Å²) in [4.78, 5) is 20.1. The highest BCUT2D eigenvalue weighted by atomic mass is 16.1. The van der Waals surface area contributed by atoms with Gasteiger partial charge in [0.05, 0.1) is 6.07 Å². The minimum atomic E-state index is -0.948. The number of nitrogens with one attached hydrogen (secondary N) is 1. The van der Waals surface area contributed by atoms with Crippen LogP contribution >= 0.6 is 0 Å². The van der Waals surface area contributed by atoms with Crippen molar-refractivity contribution in [2.45, 2.75) is 39.7 Å². The van der Waals surface area contributed by atoms with Crippen LogP contribution in [0.3, 0.4) is 0 Å². The smallest absolute Gasteiger partial charge is 0.245 e. The van der Waals surface area contributed by atoms with Gasteiger partial charge in [-0.1, -0.05) is 0 Å². The molecule has 0 aromatic carbocycles. The summed E-state index contributed by atoms with van der Waals surface area (Å²) in [6, 6.07) is 3.73. The van der Waals surface area contributed by atoms with Crippen LogP contribution in [0, 0.1) is 25.2 Å². The molecule has 0 spiro atoms. The zero-order valence-electron chi connectivity index (χ0n) is 10.5. The zero-order chi connectivity index (χ0) is 13.0. The van der Waals surface area contributed by atoms with Gasteiger partial charge in [-0.2, -0.15) is 5.26 Å². The Bertz CT molecular complexity index is 442. The summed E-state index contributed by atoms with van der Waals surface area (Å²) in [5, 5.41) is 11.7. The van der Waals surface area contributed by atoms with Crippen molar-refractivity contribution in [2.75, 3.05) is 0 Å². The van der Waals surface area contributed by atoms with E-state index in [4.69, 9.17) is 5.26 Å². The zero-order valence-corrected chi connectivity index (χ0v) is 10.5. The first kappa shape index (κ1) is 13.1. The molecule has 0 saturated heterocycles. The van der Waals surface area contributed by atoms with E-state index in [1.807, 2.05) is 33.8 Å². The molecule has 5 nitrogen and oxygen atoms in total. The van der Waals surface area contributed by atoms with Crippen LogP contribution in [0.2, 0.25) is 0 Å². The van der Waals surface area contributed by atoms with E-state index in [1.165, 1.54) is 0 Å². The molecule has 0 radical (unpaired) electrons. The van der Waals surface area contributed by atoms with Crippen LogP contribution in [0.4, 0.5) is 0 Å². The number of aryl methyl sites for hydroxylation is 2. The molecule has 0 fully saturated rings. The van der Waals surface area contributed by atoms with Gasteiger partial charge >= 0.3 is 0 Å². The van der Waals surface area contributed by atoms with Gasteiger partial charge in [0, 0.05) is 17.4 Å². The molecule has 0 bridgehead atoms. The second-order valence-electron chi connectivity index (χ2n) is 4.23. The number of hydrogen-bond donors (Lipinski definition) is 1. The van der Waals surface area contributed by atoms with Crippen LogP contribution in [0.1, 0.15) is 37.0 Å². The molecular weight excluding hydrogens is 216 g/mol. The Morgan fingerprint density at radius 1 is 1.35 bits per heavy atom.